The summed E-state index contributed by atoms with van der Waals surface area (Å²) >= 11 is 7.01. The first-order valence-electron chi connectivity index (χ1n) is 7.78. The van der Waals surface area contributed by atoms with Crippen molar-refractivity contribution in [3.63, 3.8) is 0 Å². The summed E-state index contributed by atoms with van der Waals surface area (Å²) in [7, 11) is 0. The lowest BCUT2D eigenvalue weighted by Crippen LogP contribution is -2.29. The van der Waals surface area contributed by atoms with Crippen LogP contribution in [-0.4, -0.2) is 18.0 Å². The topological polar surface area (TPSA) is 79.2 Å². The van der Waals surface area contributed by atoms with E-state index in [1.54, 1.807) is 12.1 Å². The van der Waals surface area contributed by atoms with E-state index in [4.69, 9.17) is 21.6 Å². The van der Waals surface area contributed by atoms with E-state index in [0.29, 0.717) is 15.8 Å². The quantitative estimate of drug-likeness (QED) is 0.638. The number of amides is 1. The van der Waals surface area contributed by atoms with Gasteiger partial charge in [-0.15, -0.1) is 11.3 Å². The first-order chi connectivity index (χ1) is 12.9. The molecule has 27 heavy (non-hydrogen) atoms. The second kappa shape index (κ2) is 7.74. The van der Waals surface area contributed by atoms with Crippen molar-refractivity contribution < 1.29 is 18.7 Å². The van der Waals surface area contributed by atoms with E-state index in [1.165, 1.54) is 37.3 Å². The Bertz CT molecular complexity index is 1090. The van der Waals surface area contributed by atoms with Gasteiger partial charge in [0.15, 0.2) is 6.10 Å². The number of nitriles is 1. The lowest BCUT2D eigenvalue weighted by Gasteiger charge is -2.13. The predicted molar refractivity (Wildman–Crippen MR) is 101 cm³/mol. The summed E-state index contributed by atoms with van der Waals surface area (Å²) in [6.45, 7) is 1.42. The molecule has 3 rings (SSSR count). The number of nitrogens with one attached hydrogen (secondary N) is 1. The van der Waals surface area contributed by atoms with Crippen molar-refractivity contribution in [2.24, 2.45) is 0 Å². The van der Waals surface area contributed by atoms with Gasteiger partial charge in [0.25, 0.3) is 5.91 Å². The molecule has 0 aliphatic rings. The van der Waals surface area contributed by atoms with E-state index in [1.807, 2.05) is 6.07 Å². The fourth-order valence-electron chi connectivity index (χ4n) is 2.33. The van der Waals surface area contributed by atoms with E-state index in [0.717, 1.165) is 11.3 Å². The predicted octanol–water partition coefficient (Wildman–Crippen LogP) is 4.75. The van der Waals surface area contributed by atoms with Crippen LogP contribution in [0.5, 0.6) is 0 Å². The highest BCUT2D eigenvalue weighted by Gasteiger charge is 2.21. The van der Waals surface area contributed by atoms with Crippen LogP contribution in [0.1, 0.15) is 22.2 Å². The van der Waals surface area contributed by atoms with Gasteiger partial charge in [0.2, 0.25) is 0 Å². The van der Waals surface area contributed by atoms with Crippen LogP contribution in [0.4, 0.5) is 10.1 Å². The second-order valence-corrected chi connectivity index (χ2v) is 7.10. The molecule has 0 fully saturated rings. The number of esters is 1. The van der Waals surface area contributed by atoms with Crippen LogP contribution in [0, 0.1) is 17.1 Å². The number of hydrogen-bond acceptors (Lipinski definition) is 5. The lowest BCUT2D eigenvalue weighted by molar-refractivity contribution is -0.123. The summed E-state index contributed by atoms with van der Waals surface area (Å²) in [5.74, 6) is -1.70. The number of rotatable bonds is 4. The average Bonchev–Trinajstić information content (AvgIpc) is 3.07. The summed E-state index contributed by atoms with van der Waals surface area (Å²) in [5, 5.41) is 11.9. The van der Waals surface area contributed by atoms with Gasteiger partial charge >= 0.3 is 5.97 Å². The molecular weight excluding hydrogens is 391 g/mol. The van der Waals surface area contributed by atoms with Crippen LogP contribution < -0.4 is 5.32 Å². The van der Waals surface area contributed by atoms with Gasteiger partial charge in [-0.1, -0.05) is 17.7 Å². The summed E-state index contributed by atoms with van der Waals surface area (Å²) in [6.07, 6.45) is -1.08. The number of hydrogen-bond donors (Lipinski definition) is 1. The zero-order valence-electron chi connectivity index (χ0n) is 14.0. The van der Waals surface area contributed by atoms with E-state index in [9.17, 15) is 14.0 Å². The Hall–Kier alpha value is -2.95. The first-order valence-corrected chi connectivity index (χ1v) is 8.98. The fraction of sp³-hybridized carbons (Fsp3) is 0.105. The minimum atomic E-state index is -1.08. The molecule has 1 amide bonds. The summed E-state index contributed by atoms with van der Waals surface area (Å²) in [4.78, 5) is 24.7. The molecule has 1 atom stereocenters. The summed E-state index contributed by atoms with van der Waals surface area (Å²) in [6, 6.07) is 12.3. The number of anilines is 1. The number of carbonyl (C=O) groups excluding carboxylic acids is 2. The molecule has 5 nitrogen and oxygen atoms in total. The van der Waals surface area contributed by atoms with Gasteiger partial charge in [0.1, 0.15) is 16.8 Å². The second-order valence-electron chi connectivity index (χ2n) is 5.61. The summed E-state index contributed by atoms with van der Waals surface area (Å²) in [5.41, 5.74) is 0.655. The number of fused-ring (bicyclic) bond motifs is 1. The Balaban J connectivity index is 1.68. The molecule has 0 unspecified atom stereocenters. The molecule has 3 aromatic rings. The number of benzene rings is 2. The van der Waals surface area contributed by atoms with E-state index in [2.05, 4.69) is 5.32 Å². The largest absolute Gasteiger partial charge is 0.448 e. The summed E-state index contributed by atoms with van der Waals surface area (Å²) < 4.78 is 19.5. The highest BCUT2D eigenvalue weighted by atomic mass is 35.5. The van der Waals surface area contributed by atoms with Gasteiger partial charge in [-0.05, 0) is 43.3 Å². The van der Waals surface area contributed by atoms with Gasteiger partial charge in [-0.25, -0.2) is 9.18 Å². The van der Waals surface area contributed by atoms with Crippen molar-refractivity contribution in [3.05, 3.63) is 63.7 Å². The molecule has 0 bridgehead atoms. The average molecular weight is 403 g/mol. The standard InChI is InChI=1S/C19H12ClFN2O3S/c1-10(18(24)23-12-6-5-11(9-22)14(20)7-12)26-19(25)17-8-13-15(21)3-2-4-16(13)27-17/h2-8,10H,1H3,(H,23,24)/t10-/m1/s1. The normalized spacial score (nSPS) is 11.6. The van der Waals surface area contributed by atoms with Crippen molar-refractivity contribution in [2.45, 2.75) is 13.0 Å². The SMILES string of the molecule is C[C@@H](OC(=O)c1cc2c(F)cccc2s1)C(=O)Nc1ccc(C#N)c(Cl)c1. The molecule has 1 N–H and O–H groups in total. The Morgan fingerprint density at radius 2 is 2.07 bits per heavy atom. The molecule has 0 aliphatic heterocycles. The maximum atomic E-state index is 13.7. The van der Waals surface area contributed by atoms with Gasteiger partial charge in [0.05, 0.1) is 10.6 Å². The third-order valence-corrected chi connectivity index (χ3v) is 5.11. The van der Waals surface area contributed by atoms with Crippen molar-refractivity contribution in [1.29, 1.82) is 5.26 Å². The lowest BCUT2D eigenvalue weighted by atomic mass is 10.2. The smallest absolute Gasteiger partial charge is 0.349 e. The Kier molecular flexibility index (Phi) is 5.40. The van der Waals surface area contributed by atoms with Crippen LogP contribution in [0.2, 0.25) is 5.02 Å². The molecule has 0 saturated heterocycles. The zero-order valence-corrected chi connectivity index (χ0v) is 15.5. The van der Waals surface area contributed by atoms with Crippen LogP contribution in [0.25, 0.3) is 10.1 Å². The monoisotopic (exact) mass is 402 g/mol. The maximum Gasteiger partial charge on any atom is 0.349 e. The van der Waals surface area contributed by atoms with Crippen LogP contribution in [0.3, 0.4) is 0 Å². The van der Waals surface area contributed by atoms with Crippen molar-refractivity contribution in [3.8, 4) is 6.07 Å². The van der Waals surface area contributed by atoms with Crippen molar-refractivity contribution >= 4 is 50.6 Å². The number of ether oxygens (including phenoxy) is 1. The molecule has 0 radical (unpaired) electrons. The number of halogens is 2. The Morgan fingerprint density at radius 1 is 1.30 bits per heavy atom. The number of nitrogens with zero attached hydrogens (tertiary/aromatic N) is 1. The van der Waals surface area contributed by atoms with Crippen molar-refractivity contribution in [1.82, 2.24) is 0 Å². The highest BCUT2D eigenvalue weighted by molar-refractivity contribution is 7.20. The van der Waals surface area contributed by atoms with Crippen LogP contribution in [-0.2, 0) is 9.53 Å². The third kappa shape index (κ3) is 4.08. The third-order valence-electron chi connectivity index (χ3n) is 3.72. The zero-order chi connectivity index (χ0) is 19.6. The molecule has 1 heterocycles. The molecule has 0 saturated carbocycles. The molecule has 1 aromatic heterocycles. The van der Waals surface area contributed by atoms with Crippen LogP contribution >= 0.6 is 22.9 Å². The van der Waals surface area contributed by atoms with E-state index in [-0.39, 0.29) is 15.5 Å². The number of carbonyl (C=O) groups is 2. The molecule has 0 aliphatic carbocycles. The van der Waals surface area contributed by atoms with E-state index >= 15 is 0 Å². The van der Waals surface area contributed by atoms with Gasteiger partial charge in [-0.3, -0.25) is 4.79 Å². The van der Waals surface area contributed by atoms with Gasteiger partial charge in [-0.2, -0.15) is 5.26 Å². The molecule has 2 aromatic carbocycles. The minimum Gasteiger partial charge on any atom is -0.448 e. The minimum absolute atomic E-state index is 0.201. The highest BCUT2D eigenvalue weighted by Crippen LogP contribution is 2.28. The Labute approximate surface area is 162 Å². The van der Waals surface area contributed by atoms with Gasteiger partial charge in [0, 0.05) is 15.8 Å². The molecule has 0 spiro atoms. The van der Waals surface area contributed by atoms with E-state index < -0.39 is 23.8 Å². The first kappa shape index (κ1) is 18.8. The number of thiophene rings is 1. The van der Waals surface area contributed by atoms with Crippen LogP contribution in [0.15, 0.2) is 42.5 Å². The van der Waals surface area contributed by atoms with Crippen molar-refractivity contribution in [2.75, 3.05) is 5.32 Å². The van der Waals surface area contributed by atoms with Gasteiger partial charge < -0.3 is 10.1 Å². The maximum absolute atomic E-state index is 13.7. The molecule has 136 valence electrons. The fourth-order valence-corrected chi connectivity index (χ4v) is 3.51. The molecular formula is C19H12ClFN2O3S. The molecule has 8 heteroatoms. The Morgan fingerprint density at radius 3 is 2.74 bits per heavy atom.